The molecule has 0 aliphatic rings. The van der Waals surface area contributed by atoms with Gasteiger partial charge >= 0.3 is 141 Å². The number of hydrogen-bond acceptors (Lipinski definition) is 8. The molecule has 0 bridgehead atoms. The summed E-state index contributed by atoms with van der Waals surface area (Å²) in [5, 5.41) is 0. The molecule has 0 aromatic heterocycles. The zero-order valence-corrected chi connectivity index (χ0v) is 17.9. The molecule has 0 fully saturated rings. The molecule has 4 N–H and O–H groups in total. The van der Waals surface area contributed by atoms with Gasteiger partial charge in [0.2, 0.25) is 0 Å². The standard InChI is InChI=1S/Ca.2K.2H2O4S.2H2O/c;;;2*1-5(2,3)4;;/h;;;2*(H2,1,2,3,4);2*1H2/q+2;2*+1;;;;/p-4. The first kappa shape index (κ1) is 42.7. The van der Waals surface area contributed by atoms with Crippen LogP contribution in [-0.2, 0) is 20.8 Å². The van der Waals surface area contributed by atoms with E-state index in [2.05, 4.69) is 0 Å². The molecule has 0 aromatic rings. The van der Waals surface area contributed by atoms with Gasteiger partial charge in [-0.25, -0.2) is 0 Å². The summed E-state index contributed by atoms with van der Waals surface area (Å²) in [7, 11) is -10.3. The van der Waals surface area contributed by atoms with Crippen LogP contribution >= 0.6 is 0 Å². The fourth-order valence-corrected chi connectivity index (χ4v) is 0. The second kappa shape index (κ2) is 20.5. The average molecular weight is 346 g/mol. The van der Waals surface area contributed by atoms with Crippen molar-refractivity contribution in [3.8, 4) is 0 Å². The van der Waals surface area contributed by atoms with E-state index in [4.69, 9.17) is 35.0 Å². The molecule has 0 atom stereocenters. The van der Waals surface area contributed by atoms with Crippen LogP contribution in [0.4, 0.5) is 0 Å². The Labute approximate surface area is 202 Å². The minimum atomic E-state index is -5.17. The third-order valence-corrected chi connectivity index (χ3v) is 0. The van der Waals surface area contributed by atoms with Gasteiger partial charge in [-0.3, -0.25) is 16.8 Å². The van der Waals surface area contributed by atoms with E-state index in [-0.39, 0.29) is 151 Å². The maximum Gasteiger partial charge on any atom is 2.00 e. The van der Waals surface area contributed by atoms with Crippen LogP contribution in [0.15, 0.2) is 0 Å². The van der Waals surface area contributed by atoms with Gasteiger partial charge in [0.05, 0.1) is 0 Å². The van der Waals surface area contributed by atoms with E-state index >= 15 is 0 Å². The molecule has 0 aromatic carbocycles. The molecule has 0 aliphatic carbocycles. The third-order valence-electron chi connectivity index (χ3n) is 0. The van der Waals surface area contributed by atoms with Gasteiger partial charge in [-0.05, 0) is 0 Å². The molecule has 0 aliphatic heterocycles. The van der Waals surface area contributed by atoms with Crippen LogP contribution < -0.4 is 103 Å². The van der Waals surface area contributed by atoms with E-state index in [0.717, 1.165) is 0 Å². The van der Waals surface area contributed by atoms with Crippen molar-refractivity contribution in [2.24, 2.45) is 0 Å². The molecular formula is H4CaK2O10S2. The summed E-state index contributed by atoms with van der Waals surface area (Å²) in [6, 6.07) is 0. The molecule has 15 heteroatoms. The van der Waals surface area contributed by atoms with E-state index < -0.39 is 20.8 Å². The zero-order valence-electron chi connectivity index (χ0n) is 7.79. The van der Waals surface area contributed by atoms with E-state index in [0.29, 0.717) is 0 Å². The van der Waals surface area contributed by atoms with Crippen molar-refractivity contribution in [1.29, 1.82) is 0 Å². The van der Waals surface area contributed by atoms with Gasteiger partial charge in [-0.2, -0.15) is 0 Å². The van der Waals surface area contributed by atoms with Gasteiger partial charge in [0.1, 0.15) is 0 Å². The minimum absolute atomic E-state index is 0. The summed E-state index contributed by atoms with van der Waals surface area (Å²) < 4.78 is 68.2. The van der Waals surface area contributed by atoms with Gasteiger partial charge in [-0.15, -0.1) is 0 Å². The van der Waals surface area contributed by atoms with E-state index in [1.807, 2.05) is 0 Å². The van der Waals surface area contributed by atoms with Gasteiger partial charge in [0.15, 0.2) is 0 Å². The molecular weight excluding hydrogens is 342 g/mol. The summed E-state index contributed by atoms with van der Waals surface area (Å²) in [5.74, 6) is 0. The molecule has 0 saturated heterocycles. The van der Waals surface area contributed by atoms with Gasteiger partial charge in [0.25, 0.3) is 0 Å². The van der Waals surface area contributed by atoms with Crippen LogP contribution in [-0.4, -0.2) is 83.7 Å². The van der Waals surface area contributed by atoms with Crippen LogP contribution in [0, 0.1) is 0 Å². The fraction of sp³-hybridized carbons (Fsp3) is 0. The van der Waals surface area contributed by atoms with Gasteiger partial charge in [-0.1, -0.05) is 0 Å². The Morgan fingerprint density at radius 2 is 0.600 bits per heavy atom. The largest absolute Gasteiger partial charge is 2.00 e. The predicted molar refractivity (Wildman–Crippen MR) is 33.9 cm³/mol. The van der Waals surface area contributed by atoms with Crippen molar-refractivity contribution in [2.45, 2.75) is 0 Å². The second-order valence-electron chi connectivity index (χ2n) is 0.816. The van der Waals surface area contributed by atoms with Gasteiger partial charge < -0.3 is 29.2 Å². The molecule has 0 saturated carbocycles. The molecule has 15 heavy (non-hydrogen) atoms. The molecule has 0 heterocycles. The zero-order chi connectivity index (χ0) is 9.00. The number of rotatable bonds is 0. The van der Waals surface area contributed by atoms with E-state index in [9.17, 15) is 0 Å². The summed E-state index contributed by atoms with van der Waals surface area (Å²) in [4.78, 5) is 0. The maximum atomic E-state index is 8.52. The van der Waals surface area contributed by atoms with Crippen molar-refractivity contribution in [3.63, 3.8) is 0 Å². The first-order valence-corrected chi connectivity index (χ1v) is 4.00. The van der Waals surface area contributed by atoms with Crippen LogP contribution in [0.5, 0.6) is 0 Å². The third kappa shape index (κ3) is 271. The molecule has 0 spiro atoms. The van der Waals surface area contributed by atoms with E-state index in [1.54, 1.807) is 0 Å². The molecule has 10 nitrogen and oxygen atoms in total. The Morgan fingerprint density at radius 3 is 0.600 bits per heavy atom. The normalized spacial score (nSPS) is 7.73. The van der Waals surface area contributed by atoms with Crippen LogP contribution in [0.25, 0.3) is 0 Å². The maximum absolute atomic E-state index is 8.52. The Morgan fingerprint density at radius 1 is 0.600 bits per heavy atom. The van der Waals surface area contributed by atoms with Crippen molar-refractivity contribution in [1.82, 2.24) is 0 Å². The monoisotopic (exact) mass is 346 g/mol. The topological polar surface area (TPSA) is 224 Å². The second-order valence-corrected chi connectivity index (χ2v) is 2.45. The van der Waals surface area contributed by atoms with Crippen LogP contribution in [0.2, 0.25) is 0 Å². The predicted octanol–water partition coefficient (Wildman–Crippen LogP) is -10.7. The first-order chi connectivity index (χ1) is 4.00. The first-order valence-electron chi connectivity index (χ1n) is 1.33. The van der Waals surface area contributed by atoms with Gasteiger partial charge in [0, 0.05) is 20.8 Å². The van der Waals surface area contributed by atoms with Crippen molar-refractivity contribution >= 4 is 58.5 Å². The smallest absolute Gasteiger partial charge is 0.759 e. The summed E-state index contributed by atoms with van der Waals surface area (Å²) >= 11 is 0. The molecule has 80 valence electrons. The van der Waals surface area contributed by atoms with Crippen molar-refractivity contribution in [3.05, 3.63) is 0 Å². The average Bonchev–Trinajstić information content (AvgIpc) is 1.12. The molecule has 0 radical (unpaired) electrons. The van der Waals surface area contributed by atoms with Crippen LogP contribution in [0.1, 0.15) is 0 Å². The minimum Gasteiger partial charge on any atom is -0.759 e. The van der Waals surface area contributed by atoms with Crippen molar-refractivity contribution in [2.75, 3.05) is 0 Å². The summed E-state index contributed by atoms with van der Waals surface area (Å²) in [5.41, 5.74) is 0. The molecule has 0 rings (SSSR count). The Hall–Kier alpha value is 4.19. The Kier molecular flexibility index (Phi) is 58.4. The fourth-order valence-electron chi connectivity index (χ4n) is 0. The SMILES string of the molecule is O.O.O=S(=O)([O-])[O-].O=S(=O)([O-])[O-].[Ca+2].[K+].[K+]. The number of hydrogen-bond donors (Lipinski definition) is 0. The quantitative estimate of drug-likeness (QED) is 0.232. The summed E-state index contributed by atoms with van der Waals surface area (Å²) in [6.07, 6.45) is 0. The van der Waals surface area contributed by atoms with Crippen molar-refractivity contribution < 1.29 is 149 Å². The van der Waals surface area contributed by atoms with Crippen LogP contribution in [0.3, 0.4) is 0 Å². The van der Waals surface area contributed by atoms with E-state index in [1.165, 1.54) is 0 Å². The molecule has 0 amide bonds. The summed E-state index contributed by atoms with van der Waals surface area (Å²) in [6.45, 7) is 0. The Bertz CT molecular complexity index is 218. The Balaban J connectivity index is -0.0000000128. The molecule has 0 unspecified atom stereocenters.